The van der Waals surface area contributed by atoms with Gasteiger partial charge in [0, 0.05) is 13.0 Å². The van der Waals surface area contributed by atoms with Crippen molar-refractivity contribution in [2.75, 3.05) is 14.2 Å². The van der Waals surface area contributed by atoms with Gasteiger partial charge >= 0.3 is 0 Å². The van der Waals surface area contributed by atoms with Gasteiger partial charge < -0.3 is 9.47 Å². The molecule has 0 spiro atoms. The number of carbonyl (C=O) groups excluding carboxylic acids is 1. The minimum atomic E-state index is -0.0501. The van der Waals surface area contributed by atoms with E-state index in [1.165, 1.54) is 5.56 Å². The first-order chi connectivity index (χ1) is 12.7. The molecule has 0 aliphatic carbocycles. The van der Waals surface area contributed by atoms with Gasteiger partial charge in [-0.1, -0.05) is 29.5 Å². The highest BCUT2D eigenvalue weighted by atomic mass is 16.5. The van der Waals surface area contributed by atoms with Crippen LogP contribution in [-0.4, -0.2) is 35.0 Å². The molecule has 1 heterocycles. The molecule has 0 fully saturated rings. The lowest BCUT2D eigenvalue weighted by atomic mass is 10.1. The van der Waals surface area contributed by atoms with Crippen LogP contribution >= 0.6 is 0 Å². The maximum Gasteiger partial charge on any atom is 0.189 e. The van der Waals surface area contributed by atoms with Crippen molar-refractivity contribution < 1.29 is 14.3 Å². The first-order valence-corrected chi connectivity index (χ1v) is 8.37. The summed E-state index contributed by atoms with van der Waals surface area (Å²) in [6, 6.07) is 15.3. The number of Topliss-reactive ketones (excluding diaryl/α,β-unsaturated/α-hetero) is 1. The normalized spacial score (nSPS) is 10.5. The summed E-state index contributed by atoms with van der Waals surface area (Å²) in [6.07, 6.45) is 2.80. The van der Waals surface area contributed by atoms with Crippen LogP contribution in [-0.2, 0) is 19.4 Å². The standard InChI is InChI=1S/C20H21N3O3/c1-25-17-7-3-15(4-8-17)11-12-23-14-19(21-22-23)20(24)13-16-5-9-18(26-2)10-6-16/h3-10,14H,11-13H2,1-2H3. The highest BCUT2D eigenvalue weighted by molar-refractivity contribution is 5.95. The molecule has 0 saturated heterocycles. The first kappa shape index (κ1) is 17.7. The maximum atomic E-state index is 12.4. The van der Waals surface area contributed by atoms with Gasteiger partial charge in [0.2, 0.25) is 0 Å². The molecule has 134 valence electrons. The van der Waals surface area contributed by atoms with Crippen LogP contribution in [0.25, 0.3) is 0 Å². The predicted octanol–water partition coefficient (Wildman–Crippen LogP) is 2.96. The summed E-state index contributed by atoms with van der Waals surface area (Å²) in [4.78, 5) is 12.4. The van der Waals surface area contributed by atoms with E-state index < -0.39 is 0 Å². The molecular formula is C20H21N3O3. The van der Waals surface area contributed by atoms with Gasteiger partial charge in [0.25, 0.3) is 0 Å². The van der Waals surface area contributed by atoms with Crippen LogP contribution in [0.1, 0.15) is 21.6 Å². The van der Waals surface area contributed by atoms with Crippen LogP contribution in [0.2, 0.25) is 0 Å². The number of hydrogen-bond donors (Lipinski definition) is 0. The number of aromatic nitrogens is 3. The second kappa shape index (κ2) is 8.29. The van der Waals surface area contributed by atoms with Gasteiger partial charge in [-0.25, -0.2) is 0 Å². The fourth-order valence-corrected chi connectivity index (χ4v) is 2.59. The fourth-order valence-electron chi connectivity index (χ4n) is 2.59. The number of ether oxygens (including phenoxy) is 2. The highest BCUT2D eigenvalue weighted by Crippen LogP contribution is 2.14. The Hall–Kier alpha value is -3.15. The zero-order chi connectivity index (χ0) is 18.4. The Balaban J connectivity index is 1.56. The Morgan fingerprint density at radius 3 is 2.08 bits per heavy atom. The van der Waals surface area contributed by atoms with Crippen molar-refractivity contribution >= 4 is 5.78 Å². The summed E-state index contributed by atoms with van der Waals surface area (Å²) in [7, 11) is 3.26. The van der Waals surface area contributed by atoms with Crippen molar-refractivity contribution in [1.82, 2.24) is 15.0 Å². The molecule has 3 aromatic rings. The van der Waals surface area contributed by atoms with Crippen LogP contribution in [0.5, 0.6) is 11.5 Å². The second-order valence-corrected chi connectivity index (χ2v) is 5.91. The van der Waals surface area contributed by atoms with Gasteiger partial charge in [-0.3, -0.25) is 9.48 Å². The third-order valence-electron chi connectivity index (χ3n) is 4.14. The van der Waals surface area contributed by atoms with E-state index >= 15 is 0 Å². The molecule has 6 nitrogen and oxygen atoms in total. The van der Waals surface area contributed by atoms with E-state index in [1.807, 2.05) is 48.5 Å². The number of rotatable bonds is 8. The summed E-state index contributed by atoms with van der Waals surface area (Å²) in [5.41, 5.74) is 2.48. The van der Waals surface area contributed by atoms with E-state index in [1.54, 1.807) is 25.1 Å². The number of nitrogens with zero attached hydrogens (tertiary/aromatic N) is 3. The van der Waals surface area contributed by atoms with Crippen LogP contribution in [0.15, 0.2) is 54.7 Å². The smallest absolute Gasteiger partial charge is 0.189 e. The number of benzene rings is 2. The molecule has 0 saturated carbocycles. The Morgan fingerprint density at radius 1 is 0.923 bits per heavy atom. The largest absolute Gasteiger partial charge is 0.497 e. The fraction of sp³-hybridized carbons (Fsp3) is 0.250. The zero-order valence-corrected chi connectivity index (χ0v) is 14.9. The number of aryl methyl sites for hydroxylation is 2. The van der Waals surface area contributed by atoms with Crippen LogP contribution in [0, 0.1) is 0 Å². The monoisotopic (exact) mass is 351 g/mol. The van der Waals surface area contributed by atoms with Gasteiger partial charge in [-0.15, -0.1) is 5.10 Å². The van der Waals surface area contributed by atoms with Gasteiger partial charge in [-0.05, 0) is 41.8 Å². The Kier molecular flexibility index (Phi) is 5.63. The van der Waals surface area contributed by atoms with Crippen molar-refractivity contribution in [3.8, 4) is 11.5 Å². The molecule has 6 heteroatoms. The van der Waals surface area contributed by atoms with E-state index in [0.29, 0.717) is 18.7 Å². The van der Waals surface area contributed by atoms with Crippen LogP contribution < -0.4 is 9.47 Å². The third kappa shape index (κ3) is 4.47. The lowest BCUT2D eigenvalue weighted by Crippen LogP contribution is -2.04. The molecule has 3 rings (SSSR count). The average molecular weight is 351 g/mol. The Bertz CT molecular complexity index is 855. The zero-order valence-electron chi connectivity index (χ0n) is 14.9. The van der Waals surface area contributed by atoms with Gasteiger partial charge in [-0.2, -0.15) is 0 Å². The molecule has 0 atom stereocenters. The van der Waals surface area contributed by atoms with Gasteiger partial charge in [0.15, 0.2) is 5.78 Å². The Labute approximate surface area is 152 Å². The van der Waals surface area contributed by atoms with Gasteiger partial charge in [0.1, 0.15) is 17.2 Å². The lowest BCUT2D eigenvalue weighted by molar-refractivity contribution is 0.0988. The second-order valence-electron chi connectivity index (χ2n) is 5.91. The lowest BCUT2D eigenvalue weighted by Gasteiger charge is -2.03. The topological polar surface area (TPSA) is 66.2 Å². The molecule has 0 amide bonds. The number of hydrogen-bond acceptors (Lipinski definition) is 5. The average Bonchev–Trinajstić information content (AvgIpc) is 3.16. The summed E-state index contributed by atoms with van der Waals surface area (Å²) in [5.74, 6) is 1.55. The van der Waals surface area contributed by atoms with Crippen LogP contribution in [0.3, 0.4) is 0 Å². The molecule has 0 aliphatic heterocycles. The minimum Gasteiger partial charge on any atom is -0.497 e. The van der Waals surface area contributed by atoms with E-state index in [4.69, 9.17) is 9.47 Å². The minimum absolute atomic E-state index is 0.0501. The van der Waals surface area contributed by atoms with Crippen molar-refractivity contribution in [2.45, 2.75) is 19.4 Å². The van der Waals surface area contributed by atoms with E-state index in [2.05, 4.69) is 10.3 Å². The molecule has 0 bridgehead atoms. The molecule has 0 radical (unpaired) electrons. The summed E-state index contributed by atoms with van der Waals surface area (Å²) < 4.78 is 12.0. The first-order valence-electron chi connectivity index (χ1n) is 8.37. The highest BCUT2D eigenvalue weighted by Gasteiger charge is 2.12. The molecule has 0 aliphatic rings. The summed E-state index contributed by atoms with van der Waals surface area (Å²) in [5, 5.41) is 8.06. The van der Waals surface area contributed by atoms with Crippen LogP contribution in [0.4, 0.5) is 0 Å². The summed E-state index contributed by atoms with van der Waals surface area (Å²) in [6.45, 7) is 0.662. The SMILES string of the molecule is COc1ccc(CCn2cc(C(=O)Cc3ccc(OC)cc3)nn2)cc1. The quantitative estimate of drug-likeness (QED) is 0.584. The van der Waals surface area contributed by atoms with E-state index in [-0.39, 0.29) is 5.78 Å². The molecule has 0 unspecified atom stereocenters. The Morgan fingerprint density at radius 2 is 1.50 bits per heavy atom. The van der Waals surface area contributed by atoms with Crippen molar-refractivity contribution in [1.29, 1.82) is 0 Å². The third-order valence-corrected chi connectivity index (χ3v) is 4.14. The molecule has 1 aromatic heterocycles. The predicted molar refractivity (Wildman–Crippen MR) is 97.7 cm³/mol. The van der Waals surface area contributed by atoms with Crippen molar-refractivity contribution in [3.05, 3.63) is 71.5 Å². The molecule has 0 N–H and O–H groups in total. The van der Waals surface area contributed by atoms with E-state index in [0.717, 1.165) is 23.5 Å². The number of ketones is 1. The molecule has 2 aromatic carbocycles. The number of carbonyl (C=O) groups is 1. The maximum absolute atomic E-state index is 12.4. The summed E-state index contributed by atoms with van der Waals surface area (Å²) >= 11 is 0. The van der Waals surface area contributed by atoms with Gasteiger partial charge in [0.05, 0.1) is 20.4 Å². The van der Waals surface area contributed by atoms with Crippen molar-refractivity contribution in [3.63, 3.8) is 0 Å². The van der Waals surface area contributed by atoms with E-state index in [9.17, 15) is 4.79 Å². The molecular weight excluding hydrogens is 330 g/mol. The molecule has 26 heavy (non-hydrogen) atoms. The number of methoxy groups -OCH3 is 2. The van der Waals surface area contributed by atoms with Crippen molar-refractivity contribution in [2.24, 2.45) is 0 Å².